The number of hydrogen-bond acceptors (Lipinski definition) is 3. The summed E-state index contributed by atoms with van der Waals surface area (Å²) in [5.41, 5.74) is 8.30. The molecule has 2 aromatic rings. The highest BCUT2D eigenvalue weighted by Gasteiger charge is 2.12. The van der Waals surface area contributed by atoms with E-state index < -0.39 is 6.10 Å². The average molecular weight is 233 g/mol. The summed E-state index contributed by atoms with van der Waals surface area (Å²) >= 11 is 0. The van der Waals surface area contributed by atoms with Crippen molar-refractivity contribution in [2.45, 2.75) is 32.9 Å². The molecule has 0 bridgehead atoms. The molecular weight excluding hydrogens is 214 g/mol. The van der Waals surface area contributed by atoms with Crippen molar-refractivity contribution in [3.8, 4) is 0 Å². The Morgan fingerprint density at radius 1 is 1.41 bits per heavy atom. The van der Waals surface area contributed by atoms with Crippen molar-refractivity contribution >= 4 is 11.0 Å². The molecule has 1 heterocycles. The van der Waals surface area contributed by atoms with E-state index in [1.807, 2.05) is 25.1 Å². The van der Waals surface area contributed by atoms with Crippen LogP contribution in [0.3, 0.4) is 0 Å². The Kier molecular flexibility index (Phi) is 3.17. The number of imidazole rings is 1. The van der Waals surface area contributed by atoms with Crippen LogP contribution in [0.5, 0.6) is 0 Å². The molecule has 0 fully saturated rings. The third kappa shape index (κ3) is 2.06. The van der Waals surface area contributed by atoms with Crippen LogP contribution in [0, 0.1) is 6.92 Å². The van der Waals surface area contributed by atoms with Crippen LogP contribution in [0.1, 0.15) is 37.4 Å². The lowest BCUT2D eigenvalue weighted by Crippen LogP contribution is -2.11. The molecule has 4 nitrogen and oxygen atoms in total. The van der Waals surface area contributed by atoms with E-state index in [0.717, 1.165) is 22.4 Å². The number of aliphatic hydroxyl groups is 1. The first kappa shape index (κ1) is 12.1. The van der Waals surface area contributed by atoms with Crippen molar-refractivity contribution in [3.63, 3.8) is 0 Å². The third-order valence-corrected chi connectivity index (χ3v) is 3.01. The van der Waals surface area contributed by atoms with Gasteiger partial charge in [-0.3, -0.25) is 0 Å². The third-order valence-electron chi connectivity index (χ3n) is 3.01. The van der Waals surface area contributed by atoms with Crippen molar-refractivity contribution in [1.82, 2.24) is 9.55 Å². The fourth-order valence-electron chi connectivity index (χ4n) is 2.23. The molecule has 1 unspecified atom stereocenters. The molecule has 0 amide bonds. The molecule has 17 heavy (non-hydrogen) atoms. The van der Waals surface area contributed by atoms with Gasteiger partial charge in [0, 0.05) is 12.6 Å². The first-order valence-corrected chi connectivity index (χ1v) is 5.91. The van der Waals surface area contributed by atoms with Crippen LogP contribution < -0.4 is 5.73 Å². The average Bonchev–Trinajstić information content (AvgIpc) is 2.62. The maximum Gasteiger partial charge on any atom is 0.106 e. The minimum Gasteiger partial charge on any atom is -0.387 e. The predicted molar refractivity (Wildman–Crippen MR) is 68.9 cm³/mol. The van der Waals surface area contributed by atoms with Gasteiger partial charge in [0.2, 0.25) is 0 Å². The number of aliphatic hydroxyl groups excluding tert-OH is 1. The van der Waals surface area contributed by atoms with Crippen LogP contribution >= 0.6 is 0 Å². The molecule has 0 aliphatic rings. The number of aromatic nitrogens is 2. The van der Waals surface area contributed by atoms with Gasteiger partial charge >= 0.3 is 0 Å². The summed E-state index contributed by atoms with van der Waals surface area (Å²) in [6.07, 6.45) is -0.607. The Bertz CT molecular complexity index is 531. The summed E-state index contributed by atoms with van der Waals surface area (Å²) in [6, 6.07) is 6.22. The molecule has 92 valence electrons. The van der Waals surface area contributed by atoms with Crippen LogP contribution in [-0.4, -0.2) is 21.2 Å². The van der Waals surface area contributed by atoms with E-state index in [9.17, 15) is 5.11 Å². The van der Waals surface area contributed by atoms with E-state index in [4.69, 9.17) is 5.73 Å². The van der Waals surface area contributed by atoms with Gasteiger partial charge in [-0.05, 0) is 38.5 Å². The van der Waals surface area contributed by atoms with Gasteiger partial charge in [-0.15, -0.1) is 0 Å². The highest BCUT2D eigenvalue weighted by Crippen LogP contribution is 2.23. The molecule has 1 atom stereocenters. The van der Waals surface area contributed by atoms with Crippen LogP contribution in [0.25, 0.3) is 11.0 Å². The van der Waals surface area contributed by atoms with Crippen molar-refractivity contribution in [2.75, 3.05) is 6.54 Å². The van der Waals surface area contributed by atoms with E-state index in [1.165, 1.54) is 0 Å². The van der Waals surface area contributed by atoms with Gasteiger partial charge in [0.1, 0.15) is 5.82 Å². The zero-order valence-corrected chi connectivity index (χ0v) is 10.5. The van der Waals surface area contributed by atoms with E-state index in [0.29, 0.717) is 6.04 Å². The van der Waals surface area contributed by atoms with Crippen LogP contribution in [0.15, 0.2) is 18.2 Å². The van der Waals surface area contributed by atoms with Crippen molar-refractivity contribution in [1.29, 1.82) is 0 Å². The second-order valence-electron chi connectivity index (χ2n) is 4.62. The molecule has 0 saturated heterocycles. The van der Waals surface area contributed by atoms with E-state index in [-0.39, 0.29) is 6.54 Å². The molecule has 0 saturated carbocycles. The molecule has 0 aliphatic carbocycles. The Morgan fingerprint density at radius 3 is 2.71 bits per heavy atom. The number of hydrogen-bond donors (Lipinski definition) is 2. The zero-order valence-electron chi connectivity index (χ0n) is 10.5. The lowest BCUT2D eigenvalue weighted by molar-refractivity contribution is 0.187. The second-order valence-corrected chi connectivity index (χ2v) is 4.62. The monoisotopic (exact) mass is 233 g/mol. The van der Waals surface area contributed by atoms with Gasteiger partial charge < -0.3 is 15.4 Å². The molecule has 0 aliphatic heterocycles. The van der Waals surface area contributed by atoms with Gasteiger partial charge in [-0.1, -0.05) is 6.07 Å². The molecule has 2 rings (SSSR count). The largest absolute Gasteiger partial charge is 0.387 e. The number of fused-ring (bicyclic) bond motifs is 1. The zero-order chi connectivity index (χ0) is 12.6. The summed E-state index contributed by atoms with van der Waals surface area (Å²) in [6.45, 7) is 6.50. The molecular formula is C13H19N3O. The maximum absolute atomic E-state index is 9.71. The SMILES string of the molecule is Cc1nc2cc(C(O)CN)ccc2n1C(C)C. The standard InChI is InChI=1S/C13H19N3O/c1-8(2)16-9(3)15-11-6-10(13(17)7-14)4-5-12(11)16/h4-6,8,13,17H,7,14H2,1-3H3. The summed E-state index contributed by atoms with van der Waals surface area (Å²) in [4.78, 5) is 4.52. The predicted octanol–water partition coefficient (Wildman–Crippen LogP) is 1.92. The summed E-state index contributed by atoms with van der Waals surface area (Å²) in [5.74, 6) is 0.995. The smallest absolute Gasteiger partial charge is 0.106 e. The van der Waals surface area contributed by atoms with Gasteiger partial charge in [0.15, 0.2) is 0 Å². The number of nitrogens with zero attached hydrogens (tertiary/aromatic N) is 2. The minimum absolute atomic E-state index is 0.232. The van der Waals surface area contributed by atoms with Crippen molar-refractivity contribution in [2.24, 2.45) is 5.73 Å². The second kappa shape index (κ2) is 4.47. The topological polar surface area (TPSA) is 64.1 Å². The first-order chi connectivity index (χ1) is 8.04. The fourth-order valence-corrected chi connectivity index (χ4v) is 2.23. The van der Waals surface area contributed by atoms with Gasteiger partial charge in [-0.2, -0.15) is 0 Å². The summed E-state index contributed by atoms with van der Waals surface area (Å²) in [5, 5.41) is 9.71. The summed E-state index contributed by atoms with van der Waals surface area (Å²) in [7, 11) is 0. The quantitative estimate of drug-likeness (QED) is 0.851. The number of rotatable bonds is 3. The molecule has 1 aromatic carbocycles. The Morgan fingerprint density at radius 2 is 2.12 bits per heavy atom. The minimum atomic E-state index is -0.607. The van der Waals surface area contributed by atoms with E-state index in [2.05, 4.69) is 23.4 Å². The first-order valence-electron chi connectivity index (χ1n) is 5.91. The Balaban J connectivity index is 2.57. The summed E-state index contributed by atoms with van der Waals surface area (Å²) < 4.78 is 2.19. The highest BCUT2D eigenvalue weighted by atomic mass is 16.3. The van der Waals surface area contributed by atoms with Gasteiger partial charge in [0.25, 0.3) is 0 Å². The van der Waals surface area contributed by atoms with E-state index in [1.54, 1.807) is 0 Å². The highest BCUT2D eigenvalue weighted by molar-refractivity contribution is 5.77. The normalized spacial score (nSPS) is 13.5. The fraction of sp³-hybridized carbons (Fsp3) is 0.462. The molecule has 0 spiro atoms. The van der Waals surface area contributed by atoms with Crippen LogP contribution in [-0.2, 0) is 0 Å². The molecule has 3 N–H and O–H groups in total. The number of nitrogens with two attached hydrogens (primary N) is 1. The number of benzene rings is 1. The molecule has 0 radical (unpaired) electrons. The lowest BCUT2D eigenvalue weighted by atomic mass is 10.1. The Labute approximate surface area is 101 Å². The van der Waals surface area contributed by atoms with Gasteiger partial charge in [-0.25, -0.2) is 4.98 Å². The van der Waals surface area contributed by atoms with Gasteiger partial charge in [0.05, 0.1) is 17.1 Å². The van der Waals surface area contributed by atoms with Crippen LogP contribution in [0.4, 0.5) is 0 Å². The van der Waals surface area contributed by atoms with E-state index >= 15 is 0 Å². The molecule has 4 heteroatoms. The van der Waals surface area contributed by atoms with Crippen molar-refractivity contribution < 1.29 is 5.11 Å². The van der Waals surface area contributed by atoms with Crippen LogP contribution in [0.2, 0.25) is 0 Å². The Hall–Kier alpha value is -1.39. The lowest BCUT2D eigenvalue weighted by Gasteiger charge is -2.11. The molecule has 1 aromatic heterocycles. The number of aryl methyl sites for hydroxylation is 1. The van der Waals surface area contributed by atoms with Crippen molar-refractivity contribution in [3.05, 3.63) is 29.6 Å². The maximum atomic E-state index is 9.71.